The van der Waals surface area contributed by atoms with Crippen molar-refractivity contribution in [1.29, 1.82) is 0 Å². The Morgan fingerprint density at radius 2 is 2.00 bits per heavy atom. The predicted octanol–water partition coefficient (Wildman–Crippen LogP) is 0.589. The van der Waals surface area contributed by atoms with Gasteiger partial charge in [0, 0.05) is 25.7 Å². The van der Waals surface area contributed by atoms with E-state index < -0.39 is 27.7 Å². The lowest BCUT2D eigenvalue weighted by Gasteiger charge is -2.31. The molecule has 0 spiro atoms. The second-order valence-corrected chi connectivity index (χ2v) is 10.4. The summed E-state index contributed by atoms with van der Waals surface area (Å²) < 4.78 is 28.6. The minimum atomic E-state index is -3.13. The Bertz CT molecular complexity index is 650. The van der Waals surface area contributed by atoms with Gasteiger partial charge in [-0.1, -0.05) is 6.42 Å². The Morgan fingerprint density at radius 1 is 1.23 bits per heavy atom. The van der Waals surface area contributed by atoms with E-state index in [1.807, 2.05) is 6.92 Å². The fourth-order valence-corrected chi connectivity index (χ4v) is 6.80. The molecular formula is C18H30N2O5S. The first-order valence-electron chi connectivity index (χ1n) is 9.61. The van der Waals surface area contributed by atoms with Crippen LogP contribution in [0.1, 0.15) is 39.0 Å². The van der Waals surface area contributed by atoms with Crippen molar-refractivity contribution in [3.8, 4) is 0 Å². The fraction of sp³-hybridized carbons (Fsp3) is 0.889. The highest BCUT2D eigenvalue weighted by Gasteiger charge is 2.43. The highest BCUT2D eigenvalue weighted by molar-refractivity contribution is 7.91. The summed E-state index contributed by atoms with van der Waals surface area (Å²) in [5.74, 6) is 0.622. The van der Waals surface area contributed by atoms with E-state index in [-0.39, 0.29) is 30.7 Å². The number of nitrogens with one attached hydrogen (secondary N) is 1. The number of sulfone groups is 1. The zero-order valence-corrected chi connectivity index (χ0v) is 16.5. The molecule has 0 aromatic heterocycles. The molecule has 3 fully saturated rings. The fourth-order valence-electron chi connectivity index (χ4n) is 5.07. The number of carbonyl (C=O) groups is 2. The third-order valence-corrected chi connectivity index (χ3v) is 8.18. The largest absolute Gasteiger partial charge is 0.383 e. The molecule has 0 aromatic carbocycles. The molecule has 0 aromatic rings. The van der Waals surface area contributed by atoms with Crippen LogP contribution in [-0.4, -0.2) is 69.0 Å². The molecule has 2 saturated carbocycles. The smallest absolute Gasteiger partial charge is 0.312 e. The molecule has 8 heteroatoms. The van der Waals surface area contributed by atoms with E-state index in [9.17, 15) is 18.0 Å². The van der Waals surface area contributed by atoms with E-state index in [4.69, 9.17) is 4.74 Å². The van der Waals surface area contributed by atoms with Crippen LogP contribution in [0, 0.1) is 17.8 Å². The van der Waals surface area contributed by atoms with Crippen LogP contribution in [0.25, 0.3) is 0 Å². The Kier molecular flexibility index (Phi) is 5.91. The minimum Gasteiger partial charge on any atom is -0.383 e. The molecule has 148 valence electrons. The van der Waals surface area contributed by atoms with Crippen molar-refractivity contribution in [1.82, 2.24) is 10.2 Å². The van der Waals surface area contributed by atoms with Crippen LogP contribution in [0.5, 0.6) is 0 Å². The summed E-state index contributed by atoms with van der Waals surface area (Å²) in [6.07, 6.45) is 5.28. The van der Waals surface area contributed by atoms with Gasteiger partial charge in [-0.15, -0.1) is 0 Å². The third-order valence-electron chi connectivity index (χ3n) is 6.43. The van der Waals surface area contributed by atoms with Crippen molar-refractivity contribution in [2.45, 2.75) is 51.1 Å². The van der Waals surface area contributed by atoms with Crippen molar-refractivity contribution < 1.29 is 22.7 Å². The Balaban J connectivity index is 1.61. The van der Waals surface area contributed by atoms with Crippen LogP contribution in [-0.2, 0) is 24.2 Å². The van der Waals surface area contributed by atoms with E-state index in [2.05, 4.69) is 5.32 Å². The lowest BCUT2D eigenvalue weighted by molar-refractivity contribution is -0.148. The maximum atomic E-state index is 12.7. The summed E-state index contributed by atoms with van der Waals surface area (Å²) in [6, 6.07) is -0.468. The molecule has 3 aliphatic rings. The Hall–Kier alpha value is -1.15. The number of methoxy groups -OCH3 is 1. The lowest BCUT2D eigenvalue weighted by atomic mass is 9.84. The van der Waals surface area contributed by atoms with Gasteiger partial charge < -0.3 is 15.0 Å². The summed E-state index contributed by atoms with van der Waals surface area (Å²) >= 11 is 0. The molecule has 1 heterocycles. The maximum Gasteiger partial charge on any atom is 0.312 e. The molecule has 3 rings (SSSR count). The molecule has 5 unspecified atom stereocenters. The minimum absolute atomic E-state index is 0.0293. The monoisotopic (exact) mass is 386 g/mol. The summed E-state index contributed by atoms with van der Waals surface area (Å²) in [5, 5.41) is 2.89. The summed E-state index contributed by atoms with van der Waals surface area (Å²) in [7, 11) is -1.61. The van der Waals surface area contributed by atoms with E-state index in [1.165, 1.54) is 31.3 Å². The topological polar surface area (TPSA) is 92.8 Å². The molecule has 1 saturated heterocycles. The van der Waals surface area contributed by atoms with Crippen molar-refractivity contribution in [3.05, 3.63) is 0 Å². The lowest BCUT2D eigenvalue weighted by Crippen LogP contribution is -2.52. The van der Waals surface area contributed by atoms with Gasteiger partial charge in [0.05, 0.1) is 18.1 Å². The highest BCUT2D eigenvalue weighted by atomic mass is 32.2. The number of hydrogen-bond donors (Lipinski definition) is 1. The Labute approximate surface area is 155 Å². The van der Waals surface area contributed by atoms with Gasteiger partial charge in [-0.2, -0.15) is 0 Å². The first kappa shape index (κ1) is 19.6. The van der Waals surface area contributed by atoms with Gasteiger partial charge in [0.1, 0.15) is 0 Å². The SMILES string of the molecule is COCCN(C(=O)C(=O)NC(C)C1CC2CCC1C2)C1CCS(=O)(=O)C1. The van der Waals surface area contributed by atoms with Gasteiger partial charge >= 0.3 is 11.8 Å². The van der Waals surface area contributed by atoms with Gasteiger partial charge in [0.25, 0.3) is 0 Å². The van der Waals surface area contributed by atoms with E-state index in [0.717, 1.165) is 12.3 Å². The summed E-state index contributed by atoms with van der Waals surface area (Å²) in [6.45, 7) is 2.49. The van der Waals surface area contributed by atoms with Crippen LogP contribution in [0.4, 0.5) is 0 Å². The van der Waals surface area contributed by atoms with Gasteiger partial charge in [0.15, 0.2) is 9.84 Å². The van der Waals surface area contributed by atoms with Crippen LogP contribution >= 0.6 is 0 Å². The summed E-state index contributed by atoms with van der Waals surface area (Å²) in [5.41, 5.74) is 0. The second kappa shape index (κ2) is 7.84. The third kappa shape index (κ3) is 4.22. The molecule has 7 nitrogen and oxygen atoms in total. The van der Waals surface area contributed by atoms with Crippen molar-refractivity contribution in [2.24, 2.45) is 17.8 Å². The molecule has 2 aliphatic carbocycles. The number of rotatable bonds is 6. The number of ether oxygens (including phenoxy) is 1. The molecule has 2 amide bonds. The average molecular weight is 387 g/mol. The zero-order chi connectivity index (χ0) is 18.9. The first-order chi connectivity index (χ1) is 12.3. The van der Waals surface area contributed by atoms with Crippen molar-refractivity contribution in [3.63, 3.8) is 0 Å². The van der Waals surface area contributed by atoms with E-state index in [0.29, 0.717) is 18.3 Å². The first-order valence-corrected chi connectivity index (χ1v) is 11.4. The number of amides is 2. The van der Waals surface area contributed by atoms with E-state index in [1.54, 1.807) is 0 Å². The number of carbonyl (C=O) groups excluding carboxylic acids is 2. The van der Waals surface area contributed by atoms with Gasteiger partial charge in [-0.3, -0.25) is 9.59 Å². The molecule has 0 radical (unpaired) electrons. The molecule has 2 bridgehead atoms. The number of nitrogens with zero attached hydrogens (tertiary/aromatic N) is 1. The van der Waals surface area contributed by atoms with Gasteiger partial charge in [-0.25, -0.2) is 8.42 Å². The van der Waals surface area contributed by atoms with Gasteiger partial charge in [-0.05, 0) is 50.4 Å². The molecule has 1 aliphatic heterocycles. The number of fused-ring (bicyclic) bond motifs is 2. The second-order valence-electron chi connectivity index (χ2n) is 8.15. The molecule has 26 heavy (non-hydrogen) atoms. The quantitative estimate of drug-likeness (QED) is 0.675. The highest BCUT2D eigenvalue weighted by Crippen LogP contribution is 2.49. The van der Waals surface area contributed by atoms with Crippen molar-refractivity contribution in [2.75, 3.05) is 31.8 Å². The number of hydrogen-bond acceptors (Lipinski definition) is 5. The average Bonchev–Trinajstić information content (AvgIpc) is 3.30. The van der Waals surface area contributed by atoms with Crippen LogP contribution < -0.4 is 5.32 Å². The summed E-state index contributed by atoms with van der Waals surface area (Å²) in [4.78, 5) is 26.7. The molecule has 5 atom stereocenters. The Morgan fingerprint density at radius 3 is 2.54 bits per heavy atom. The van der Waals surface area contributed by atoms with Gasteiger partial charge in [0.2, 0.25) is 0 Å². The molecule has 1 N–H and O–H groups in total. The van der Waals surface area contributed by atoms with Crippen LogP contribution in [0.15, 0.2) is 0 Å². The van der Waals surface area contributed by atoms with E-state index >= 15 is 0 Å². The predicted molar refractivity (Wildman–Crippen MR) is 97.2 cm³/mol. The van der Waals surface area contributed by atoms with Crippen molar-refractivity contribution >= 4 is 21.7 Å². The van der Waals surface area contributed by atoms with Crippen LogP contribution in [0.3, 0.4) is 0 Å². The standard InChI is InChI=1S/C18H30N2O5S/c1-12(16-10-13-3-4-14(16)9-13)19-17(21)18(22)20(6-7-25-2)15-5-8-26(23,24)11-15/h12-16H,3-11H2,1-2H3,(H,19,21). The maximum absolute atomic E-state index is 12.7. The molecular weight excluding hydrogens is 356 g/mol. The van der Waals surface area contributed by atoms with Crippen LogP contribution in [0.2, 0.25) is 0 Å². The normalized spacial score (nSPS) is 33.2. The zero-order valence-electron chi connectivity index (χ0n) is 15.6.